The molecule has 1 amide bonds. The van der Waals surface area contributed by atoms with Crippen molar-refractivity contribution in [2.75, 3.05) is 26.2 Å². The first-order valence-corrected chi connectivity index (χ1v) is 6.87. The fourth-order valence-corrected chi connectivity index (χ4v) is 2.53. The third-order valence-corrected chi connectivity index (χ3v) is 3.76. The second-order valence-electron chi connectivity index (χ2n) is 5.12. The summed E-state index contributed by atoms with van der Waals surface area (Å²) in [5.74, 6) is 0.113. The third kappa shape index (κ3) is 5.04. The summed E-state index contributed by atoms with van der Waals surface area (Å²) in [6.07, 6.45) is 4.82. The molecule has 0 saturated heterocycles. The number of nitrogens with one attached hydrogen (secondary N) is 1. The van der Waals surface area contributed by atoms with E-state index in [1.54, 1.807) is 0 Å². The smallest absolute Gasteiger partial charge is 0.221 e. The fourth-order valence-electron chi connectivity index (χ4n) is 2.53. The van der Waals surface area contributed by atoms with Crippen LogP contribution in [0.2, 0.25) is 0 Å². The topological polar surface area (TPSA) is 58.4 Å². The predicted octanol–water partition coefficient (Wildman–Crippen LogP) is 1.11. The van der Waals surface area contributed by atoms with Gasteiger partial charge in [0, 0.05) is 25.0 Å². The summed E-state index contributed by atoms with van der Waals surface area (Å²) in [7, 11) is 0. The highest BCUT2D eigenvalue weighted by molar-refractivity contribution is 5.77. The minimum Gasteiger partial charge on any atom is -0.355 e. The Balaban J connectivity index is 2.17. The molecule has 0 heterocycles. The third-order valence-electron chi connectivity index (χ3n) is 3.76. The van der Waals surface area contributed by atoms with E-state index in [2.05, 4.69) is 24.1 Å². The van der Waals surface area contributed by atoms with E-state index in [0.717, 1.165) is 39.0 Å². The van der Waals surface area contributed by atoms with E-state index in [1.807, 2.05) is 0 Å². The fraction of sp³-hybridized carbons (Fsp3) is 0.923. The van der Waals surface area contributed by atoms with Crippen molar-refractivity contribution in [3.63, 3.8) is 0 Å². The molecule has 0 radical (unpaired) electrons. The van der Waals surface area contributed by atoms with Crippen molar-refractivity contribution in [3.8, 4) is 0 Å². The molecule has 100 valence electrons. The highest BCUT2D eigenvalue weighted by Gasteiger charge is 2.31. The van der Waals surface area contributed by atoms with Gasteiger partial charge >= 0.3 is 0 Å². The van der Waals surface area contributed by atoms with E-state index in [9.17, 15) is 4.79 Å². The van der Waals surface area contributed by atoms with Crippen molar-refractivity contribution in [1.29, 1.82) is 0 Å². The van der Waals surface area contributed by atoms with Gasteiger partial charge in [0.05, 0.1) is 0 Å². The predicted molar refractivity (Wildman–Crippen MR) is 70.8 cm³/mol. The van der Waals surface area contributed by atoms with Gasteiger partial charge in [-0.2, -0.15) is 0 Å². The number of likely N-dealkylation sites (N-methyl/N-ethyl adjacent to an activating group) is 1. The van der Waals surface area contributed by atoms with Crippen LogP contribution >= 0.6 is 0 Å². The van der Waals surface area contributed by atoms with Crippen molar-refractivity contribution in [2.45, 2.75) is 51.5 Å². The number of rotatable bonds is 7. The largest absolute Gasteiger partial charge is 0.355 e. The molecule has 1 saturated carbocycles. The van der Waals surface area contributed by atoms with E-state index in [-0.39, 0.29) is 11.4 Å². The first-order valence-electron chi connectivity index (χ1n) is 6.87. The zero-order chi connectivity index (χ0) is 12.7. The first-order chi connectivity index (χ1) is 8.09. The summed E-state index contributed by atoms with van der Waals surface area (Å²) in [6, 6.07) is 0. The number of nitrogens with two attached hydrogens (primary N) is 1. The molecule has 0 aromatic carbocycles. The number of carbonyl (C=O) groups is 1. The maximum absolute atomic E-state index is 11.8. The van der Waals surface area contributed by atoms with Gasteiger partial charge in [0.25, 0.3) is 0 Å². The number of hydrogen-bond acceptors (Lipinski definition) is 3. The van der Waals surface area contributed by atoms with Gasteiger partial charge in [-0.1, -0.05) is 26.7 Å². The van der Waals surface area contributed by atoms with Crippen LogP contribution in [0.4, 0.5) is 0 Å². The van der Waals surface area contributed by atoms with Crippen LogP contribution in [0.3, 0.4) is 0 Å². The normalized spacial score (nSPS) is 18.6. The van der Waals surface area contributed by atoms with Crippen molar-refractivity contribution in [1.82, 2.24) is 10.2 Å². The summed E-state index contributed by atoms with van der Waals surface area (Å²) >= 11 is 0. The van der Waals surface area contributed by atoms with Crippen LogP contribution in [0.1, 0.15) is 46.0 Å². The molecule has 0 atom stereocenters. The second kappa shape index (κ2) is 6.97. The molecule has 0 spiro atoms. The van der Waals surface area contributed by atoms with Crippen LogP contribution in [-0.2, 0) is 4.79 Å². The lowest BCUT2D eigenvalue weighted by atomic mass is 9.94. The van der Waals surface area contributed by atoms with Crippen LogP contribution < -0.4 is 11.1 Å². The van der Waals surface area contributed by atoms with Crippen LogP contribution in [-0.4, -0.2) is 42.5 Å². The van der Waals surface area contributed by atoms with Gasteiger partial charge in [-0.05, 0) is 25.9 Å². The highest BCUT2D eigenvalue weighted by Crippen LogP contribution is 2.29. The number of hydrogen-bond donors (Lipinski definition) is 2. The maximum Gasteiger partial charge on any atom is 0.221 e. The Kier molecular flexibility index (Phi) is 5.92. The molecule has 3 N–H and O–H groups in total. The summed E-state index contributed by atoms with van der Waals surface area (Å²) in [5.41, 5.74) is 5.95. The summed E-state index contributed by atoms with van der Waals surface area (Å²) in [6.45, 7) is 8.00. The van der Waals surface area contributed by atoms with Crippen molar-refractivity contribution in [2.24, 2.45) is 5.73 Å². The quantitative estimate of drug-likeness (QED) is 0.702. The summed E-state index contributed by atoms with van der Waals surface area (Å²) in [5, 5.41) is 2.97. The Morgan fingerprint density at radius 1 is 1.29 bits per heavy atom. The molecule has 0 aliphatic heterocycles. The van der Waals surface area contributed by atoms with Crippen LogP contribution in [0.15, 0.2) is 0 Å². The average molecular weight is 241 g/mol. The SMILES string of the molecule is CCN(CC)CCNC(=O)CC1(N)CCCC1. The second-order valence-corrected chi connectivity index (χ2v) is 5.12. The zero-order valence-electron chi connectivity index (χ0n) is 11.3. The lowest BCUT2D eigenvalue weighted by molar-refractivity contribution is -0.122. The van der Waals surface area contributed by atoms with Gasteiger partial charge in [0.2, 0.25) is 5.91 Å². The summed E-state index contributed by atoms with van der Waals surface area (Å²) < 4.78 is 0. The maximum atomic E-state index is 11.8. The molecule has 4 heteroatoms. The molecule has 17 heavy (non-hydrogen) atoms. The van der Waals surface area contributed by atoms with E-state index in [1.165, 1.54) is 12.8 Å². The standard InChI is InChI=1S/C13H27N3O/c1-3-16(4-2)10-9-15-12(17)11-13(14)7-5-6-8-13/h3-11,14H2,1-2H3,(H,15,17). The van der Waals surface area contributed by atoms with Crippen molar-refractivity contribution >= 4 is 5.91 Å². The average Bonchev–Trinajstić information content (AvgIpc) is 2.71. The number of nitrogens with zero attached hydrogens (tertiary/aromatic N) is 1. The van der Waals surface area contributed by atoms with Gasteiger partial charge < -0.3 is 16.0 Å². The minimum absolute atomic E-state index is 0.113. The molecular weight excluding hydrogens is 214 g/mol. The molecule has 0 aromatic rings. The molecule has 1 aliphatic carbocycles. The molecule has 0 aromatic heterocycles. The highest BCUT2D eigenvalue weighted by atomic mass is 16.1. The zero-order valence-corrected chi connectivity index (χ0v) is 11.3. The molecule has 1 rings (SSSR count). The molecule has 1 fully saturated rings. The van der Waals surface area contributed by atoms with Crippen LogP contribution in [0, 0.1) is 0 Å². The lowest BCUT2D eigenvalue weighted by Gasteiger charge is -2.23. The van der Waals surface area contributed by atoms with Gasteiger partial charge in [-0.3, -0.25) is 4.79 Å². The molecule has 4 nitrogen and oxygen atoms in total. The molecular formula is C13H27N3O. The van der Waals surface area contributed by atoms with Crippen molar-refractivity contribution in [3.05, 3.63) is 0 Å². The Hall–Kier alpha value is -0.610. The van der Waals surface area contributed by atoms with Gasteiger partial charge in [0.1, 0.15) is 0 Å². The Labute approximate surface area is 105 Å². The van der Waals surface area contributed by atoms with Crippen LogP contribution in [0.25, 0.3) is 0 Å². The van der Waals surface area contributed by atoms with E-state index < -0.39 is 0 Å². The first kappa shape index (κ1) is 14.5. The minimum atomic E-state index is -0.223. The Morgan fingerprint density at radius 3 is 2.41 bits per heavy atom. The molecule has 1 aliphatic rings. The van der Waals surface area contributed by atoms with E-state index >= 15 is 0 Å². The molecule has 0 bridgehead atoms. The number of carbonyl (C=O) groups excluding carboxylic acids is 1. The monoisotopic (exact) mass is 241 g/mol. The number of amides is 1. The van der Waals surface area contributed by atoms with E-state index in [4.69, 9.17) is 5.73 Å². The van der Waals surface area contributed by atoms with E-state index in [0.29, 0.717) is 6.42 Å². The lowest BCUT2D eigenvalue weighted by Crippen LogP contribution is -2.43. The van der Waals surface area contributed by atoms with Gasteiger partial charge in [-0.15, -0.1) is 0 Å². The van der Waals surface area contributed by atoms with Crippen LogP contribution in [0.5, 0.6) is 0 Å². The Bertz CT molecular complexity index is 233. The Morgan fingerprint density at radius 2 is 1.88 bits per heavy atom. The van der Waals surface area contributed by atoms with Gasteiger partial charge in [0.15, 0.2) is 0 Å². The van der Waals surface area contributed by atoms with Crippen molar-refractivity contribution < 1.29 is 4.79 Å². The summed E-state index contributed by atoms with van der Waals surface area (Å²) in [4.78, 5) is 14.1. The van der Waals surface area contributed by atoms with Gasteiger partial charge in [-0.25, -0.2) is 0 Å². The molecule has 0 unspecified atom stereocenters.